The fraction of sp³-hybridized carbons (Fsp3) is 0.519. The summed E-state index contributed by atoms with van der Waals surface area (Å²) in [5, 5.41) is 8.83. The summed E-state index contributed by atoms with van der Waals surface area (Å²) >= 11 is 0. The maximum Gasteiger partial charge on any atom is 0.303 e. The number of carboxylic acid groups (broad SMARTS) is 1. The molecule has 0 aromatic heterocycles. The van der Waals surface area contributed by atoms with E-state index in [0.29, 0.717) is 11.5 Å². The molecule has 6 heteroatoms. The SMILES string of the molecule is COc1c2c(c(OC)c(OC)c1OC)CC(CCCCCCCC(=O)O)(c1ccccc1)C2. The Morgan fingerprint density at radius 3 is 1.73 bits per heavy atom. The minimum atomic E-state index is -0.712. The van der Waals surface area contributed by atoms with Crippen LogP contribution in [0, 0.1) is 0 Å². The van der Waals surface area contributed by atoms with Crippen molar-refractivity contribution in [1.82, 2.24) is 0 Å². The standard InChI is InChI=1S/C27H36O6/c1-30-23-20-17-27(19-13-9-8-10-14-19,16-12-7-5-6-11-15-22(28)29)18-21(20)24(31-2)26(33-4)25(23)32-3/h8-10,13-14H,5-7,11-12,15-18H2,1-4H3,(H,28,29). The van der Waals surface area contributed by atoms with E-state index >= 15 is 0 Å². The number of aliphatic carboxylic acids is 1. The summed E-state index contributed by atoms with van der Waals surface area (Å²) in [5.41, 5.74) is 3.49. The Balaban J connectivity index is 1.89. The lowest BCUT2D eigenvalue weighted by Gasteiger charge is -2.30. The van der Waals surface area contributed by atoms with Gasteiger partial charge in [-0.15, -0.1) is 0 Å². The van der Waals surface area contributed by atoms with Crippen molar-refractivity contribution in [3.05, 3.63) is 47.0 Å². The maximum absolute atomic E-state index is 10.7. The van der Waals surface area contributed by atoms with Crippen LogP contribution in [0.5, 0.6) is 23.0 Å². The highest BCUT2D eigenvalue weighted by Gasteiger charge is 2.43. The Bertz CT molecular complexity index is 897. The van der Waals surface area contributed by atoms with Gasteiger partial charge in [0.15, 0.2) is 11.5 Å². The molecule has 0 aliphatic heterocycles. The number of unbranched alkanes of at least 4 members (excludes halogenated alkanes) is 4. The van der Waals surface area contributed by atoms with Crippen molar-refractivity contribution in [3.8, 4) is 23.0 Å². The van der Waals surface area contributed by atoms with E-state index in [1.807, 2.05) is 0 Å². The second-order valence-corrected chi connectivity index (χ2v) is 8.75. The van der Waals surface area contributed by atoms with E-state index in [-0.39, 0.29) is 11.8 Å². The molecule has 1 aliphatic carbocycles. The molecule has 180 valence electrons. The first-order valence-corrected chi connectivity index (χ1v) is 11.7. The van der Waals surface area contributed by atoms with E-state index in [2.05, 4.69) is 30.3 Å². The highest BCUT2D eigenvalue weighted by atomic mass is 16.5. The molecular formula is C27H36O6. The lowest BCUT2D eigenvalue weighted by atomic mass is 9.74. The average molecular weight is 457 g/mol. The fourth-order valence-electron chi connectivity index (χ4n) is 5.26. The molecule has 2 aromatic rings. The number of benzene rings is 2. The highest BCUT2D eigenvalue weighted by molar-refractivity contribution is 5.70. The van der Waals surface area contributed by atoms with Crippen LogP contribution in [0.1, 0.15) is 61.6 Å². The smallest absolute Gasteiger partial charge is 0.303 e. The van der Waals surface area contributed by atoms with Gasteiger partial charge in [0.2, 0.25) is 11.5 Å². The van der Waals surface area contributed by atoms with Crippen molar-refractivity contribution < 1.29 is 28.8 Å². The summed E-state index contributed by atoms with van der Waals surface area (Å²) in [4.78, 5) is 10.7. The summed E-state index contributed by atoms with van der Waals surface area (Å²) in [6.45, 7) is 0. The van der Waals surface area contributed by atoms with Gasteiger partial charge in [-0.2, -0.15) is 0 Å². The molecule has 0 heterocycles. The number of ether oxygens (including phenoxy) is 4. The van der Waals surface area contributed by atoms with Crippen molar-refractivity contribution >= 4 is 5.97 Å². The molecule has 1 aliphatic rings. The van der Waals surface area contributed by atoms with Crippen LogP contribution >= 0.6 is 0 Å². The normalized spacial score (nSPS) is 13.9. The minimum absolute atomic E-state index is 0.0669. The molecule has 0 atom stereocenters. The zero-order chi connectivity index (χ0) is 23.8. The van der Waals surface area contributed by atoms with Crippen LogP contribution in [0.4, 0.5) is 0 Å². The first-order chi connectivity index (χ1) is 16.0. The molecule has 0 unspecified atom stereocenters. The van der Waals surface area contributed by atoms with Crippen LogP contribution in [-0.2, 0) is 23.1 Å². The van der Waals surface area contributed by atoms with Gasteiger partial charge in [0.05, 0.1) is 28.4 Å². The van der Waals surface area contributed by atoms with E-state index in [4.69, 9.17) is 24.1 Å². The fourth-order valence-corrected chi connectivity index (χ4v) is 5.26. The average Bonchev–Trinajstić information content (AvgIpc) is 3.22. The maximum atomic E-state index is 10.7. The number of carboxylic acids is 1. The topological polar surface area (TPSA) is 74.2 Å². The molecular weight excluding hydrogens is 420 g/mol. The number of methoxy groups -OCH3 is 4. The van der Waals surface area contributed by atoms with E-state index in [9.17, 15) is 4.79 Å². The van der Waals surface area contributed by atoms with Crippen molar-refractivity contribution in [3.63, 3.8) is 0 Å². The Hall–Kier alpha value is -2.89. The van der Waals surface area contributed by atoms with Crippen molar-refractivity contribution in [2.24, 2.45) is 0 Å². The Morgan fingerprint density at radius 2 is 1.24 bits per heavy atom. The van der Waals surface area contributed by atoms with Gasteiger partial charge in [0, 0.05) is 23.0 Å². The molecule has 0 fully saturated rings. The third-order valence-electron chi connectivity index (χ3n) is 6.81. The lowest BCUT2D eigenvalue weighted by molar-refractivity contribution is -0.137. The number of fused-ring (bicyclic) bond motifs is 1. The van der Waals surface area contributed by atoms with Crippen molar-refractivity contribution in [1.29, 1.82) is 0 Å². The van der Waals surface area contributed by atoms with E-state index in [0.717, 1.165) is 74.0 Å². The molecule has 0 bridgehead atoms. The van der Waals surface area contributed by atoms with Crippen LogP contribution < -0.4 is 18.9 Å². The molecule has 0 spiro atoms. The third-order valence-corrected chi connectivity index (χ3v) is 6.81. The molecule has 0 saturated heterocycles. The van der Waals surface area contributed by atoms with Crippen molar-refractivity contribution in [2.45, 2.75) is 63.2 Å². The van der Waals surface area contributed by atoms with Gasteiger partial charge in [-0.3, -0.25) is 4.79 Å². The molecule has 0 amide bonds. The first kappa shape index (κ1) is 24.7. The first-order valence-electron chi connectivity index (χ1n) is 11.7. The summed E-state index contributed by atoms with van der Waals surface area (Å²) < 4.78 is 23.0. The van der Waals surface area contributed by atoms with Gasteiger partial charge in [-0.05, 0) is 31.2 Å². The molecule has 3 rings (SSSR count). The summed E-state index contributed by atoms with van der Waals surface area (Å²) in [6, 6.07) is 10.7. The van der Waals surface area contributed by atoms with Crippen LogP contribution in [0.2, 0.25) is 0 Å². The Labute approximate surface area is 196 Å². The summed E-state index contributed by atoms with van der Waals surface area (Å²) in [6.07, 6.45) is 7.89. The van der Waals surface area contributed by atoms with Crippen LogP contribution in [0.3, 0.4) is 0 Å². The third kappa shape index (κ3) is 5.21. The molecule has 33 heavy (non-hydrogen) atoms. The number of hydrogen-bond acceptors (Lipinski definition) is 5. The number of hydrogen-bond donors (Lipinski definition) is 1. The Kier molecular flexibility index (Phi) is 8.48. The zero-order valence-corrected chi connectivity index (χ0v) is 20.2. The second kappa shape index (κ2) is 11.3. The minimum Gasteiger partial charge on any atom is -0.492 e. The van der Waals surface area contributed by atoms with Crippen LogP contribution in [0.25, 0.3) is 0 Å². The largest absolute Gasteiger partial charge is 0.492 e. The lowest BCUT2D eigenvalue weighted by Crippen LogP contribution is -2.27. The van der Waals surface area contributed by atoms with Gasteiger partial charge in [0.25, 0.3) is 0 Å². The number of rotatable bonds is 13. The van der Waals surface area contributed by atoms with Gasteiger partial charge >= 0.3 is 5.97 Å². The predicted molar refractivity (Wildman–Crippen MR) is 128 cm³/mol. The van der Waals surface area contributed by atoms with Crippen molar-refractivity contribution in [2.75, 3.05) is 28.4 Å². The molecule has 1 N–H and O–H groups in total. The van der Waals surface area contributed by atoms with Crippen LogP contribution in [-0.4, -0.2) is 39.5 Å². The monoisotopic (exact) mass is 456 g/mol. The molecule has 0 saturated carbocycles. The number of carbonyl (C=O) groups is 1. The second-order valence-electron chi connectivity index (χ2n) is 8.75. The summed E-state index contributed by atoms with van der Waals surface area (Å²) in [7, 11) is 6.58. The van der Waals surface area contributed by atoms with Gasteiger partial charge in [-0.1, -0.05) is 56.0 Å². The van der Waals surface area contributed by atoms with Gasteiger partial charge in [0.1, 0.15) is 0 Å². The van der Waals surface area contributed by atoms with E-state index in [1.165, 1.54) is 5.56 Å². The predicted octanol–water partition coefficient (Wildman–Crippen LogP) is 5.57. The van der Waals surface area contributed by atoms with E-state index in [1.54, 1.807) is 28.4 Å². The quantitative estimate of drug-likeness (QED) is 0.397. The highest BCUT2D eigenvalue weighted by Crippen LogP contribution is 2.57. The molecule has 0 radical (unpaired) electrons. The van der Waals surface area contributed by atoms with Gasteiger partial charge < -0.3 is 24.1 Å². The zero-order valence-electron chi connectivity index (χ0n) is 20.2. The molecule has 2 aromatic carbocycles. The van der Waals surface area contributed by atoms with E-state index < -0.39 is 5.97 Å². The summed E-state index contributed by atoms with van der Waals surface area (Å²) in [5.74, 6) is 1.86. The molecule has 6 nitrogen and oxygen atoms in total. The van der Waals surface area contributed by atoms with Gasteiger partial charge in [-0.25, -0.2) is 0 Å². The van der Waals surface area contributed by atoms with Crippen LogP contribution in [0.15, 0.2) is 30.3 Å². The Morgan fingerprint density at radius 1 is 0.758 bits per heavy atom.